The number of aliphatic hydroxyl groups excluding tert-OH is 1. The Labute approximate surface area is 162 Å². The van der Waals surface area contributed by atoms with Crippen molar-refractivity contribution in [3.63, 3.8) is 0 Å². The molecule has 0 radical (unpaired) electrons. The predicted octanol–water partition coefficient (Wildman–Crippen LogP) is 2.27. The van der Waals surface area contributed by atoms with Crippen LogP contribution in [0.3, 0.4) is 0 Å². The fourth-order valence-corrected chi connectivity index (χ4v) is 5.33. The van der Waals surface area contributed by atoms with E-state index in [0.29, 0.717) is 18.5 Å². The maximum Gasteiger partial charge on any atom is 0.230 e. The molecule has 4 rings (SSSR count). The standard InChI is InChI=1S/C22H33N3O2/c1-18-3-5-19(6-4-18)23-12-7-20(8-13-23)25-14-10-22(17-25)9-2-11-24(15-16-26)21(22)27/h3-6,20,26H,2,7-17H2,1H3/t22-/m0/s1. The quantitative estimate of drug-likeness (QED) is 0.882. The first kappa shape index (κ1) is 18.8. The Morgan fingerprint density at radius 2 is 1.81 bits per heavy atom. The van der Waals surface area contributed by atoms with Crippen molar-refractivity contribution in [1.82, 2.24) is 9.80 Å². The lowest BCUT2D eigenvalue weighted by molar-refractivity contribution is -0.146. The number of aliphatic hydroxyl groups is 1. The highest BCUT2D eigenvalue weighted by Gasteiger charge is 2.49. The van der Waals surface area contributed by atoms with Gasteiger partial charge < -0.3 is 14.9 Å². The molecule has 0 aromatic heterocycles. The first-order chi connectivity index (χ1) is 13.1. The monoisotopic (exact) mass is 371 g/mol. The van der Waals surface area contributed by atoms with Gasteiger partial charge in [0.05, 0.1) is 12.0 Å². The van der Waals surface area contributed by atoms with Crippen LogP contribution < -0.4 is 4.90 Å². The molecule has 3 aliphatic heterocycles. The molecule has 3 fully saturated rings. The number of aryl methyl sites for hydroxylation is 1. The Balaban J connectivity index is 1.35. The highest BCUT2D eigenvalue weighted by molar-refractivity contribution is 5.84. The molecule has 0 aliphatic carbocycles. The number of anilines is 1. The fourth-order valence-electron chi connectivity index (χ4n) is 5.33. The summed E-state index contributed by atoms with van der Waals surface area (Å²) in [5.74, 6) is 0.294. The minimum Gasteiger partial charge on any atom is -0.395 e. The topological polar surface area (TPSA) is 47.0 Å². The van der Waals surface area contributed by atoms with Crippen LogP contribution >= 0.6 is 0 Å². The van der Waals surface area contributed by atoms with Crippen molar-refractivity contribution < 1.29 is 9.90 Å². The number of likely N-dealkylation sites (tertiary alicyclic amines) is 2. The van der Waals surface area contributed by atoms with E-state index < -0.39 is 0 Å². The smallest absolute Gasteiger partial charge is 0.230 e. The van der Waals surface area contributed by atoms with Crippen LogP contribution in [0.2, 0.25) is 0 Å². The summed E-state index contributed by atoms with van der Waals surface area (Å²) in [5.41, 5.74) is 2.46. The zero-order valence-electron chi connectivity index (χ0n) is 16.6. The van der Waals surface area contributed by atoms with Gasteiger partial charge in [-0.1, -0.05) is 17.7 Å². The highest BCUT2D eigenvalue weighted by Crippen LogP contribution is 2.41. The lowest BCUT2D eigenvalue weighted by Crippen LogP contribution is -2.52. The van der Waals surface area contributed by atoms with Gasteiger partial charge in [-0.15, -0.1) is 0 Å². The summed E-state index contributed by atoms with van der Waals surface area (Å²) >= 11 is 0. The van der Waals surface area contributed by atoms with Crippen molar-refractivity contribution in [3.8, 4) is 0 Å². The average Bonchev–Trinajstić information content (AvgIpc) is 3.12. The molecule has 0 saturated carbocycles. The van der Waals surface area contributed by atoms with Crippen LogP contribution in [0.1, 0.15) is 37.7 Å². The predicted molar refractivity (Wildman–Crippen MR) is 108 cm³/mol. The van der Waals surface area contributed by atoms with E-state index >= 15 is 0 Å². The molecule has 1 N–H and O–H groups in total. The Bertz CT molecular complexity index is 652. The normalized spacial score (nSPS) is 27.7. The number of β-amino-alcohol motifs (C(OH)–C–C–N with tert-alkyl or cyclic N) is 1. The Morgan fingerprint density at radius 3 is 2.52 bits per heavy atom. The highest BCUT2D eigenvalue weighted by atomic mass is 16.3. The Morgan fingerprint density at radius 1 is 1.07 bits per heavy atom. The van der Waals surface area contributed by atoms with Crippen LogP contribution in [0.15, 0.2) is 24.3 Å². The molecule has 3 heterocycles. The second kappa shape index (κ2) is 7.80. The van der Waals surface area contributed by atoms with E-state index in [-0.39, 0.29) is 12.0 Å². The summed E-state index contributed by atoms with van der Waals surface area (Å²) in [6.45, 7) is 7.68. The Kier molecular flexibility index (Phi) is 5.42. The molecule has 148 valence electrons. The third-order valence-electron chi connectivity index (χ3n) is 6.96. The summed E-state index contributed by atoms with van der Waals surface area (Å²) < 4.78 is 0. The molecule has 1 atom stereocenters. The summed E-state index contributed by atoms with van der Waals surface area (Å²) in [5, 5.41) is 9.25. The number of hydrogen-bond donors (Lipinski definition) is 1. The zero-order valence-corrected chi connectivity index (χ0v) is 16.6. The van der Waals surface area contributed by atoms with E-state index in [2.05, 4.69) is 41.0 Å². The molecule has 3 saturated heterocycles. The number of carbonyl (C=O) groups is 1. The van der Waals surface area contributed by atoms with E-state index in [1.165, 1.54) is 24.1 Å². The number of amides is 1. The van der Waals surface area contributed by atoms with E-state index in [1.54, 1.807) is 0 Å². The molecule has 1 aromatic rings. The van der Waals surface area contributed by atoms with E-state index in [4.69, 9.17) is 0 Å². The Hall–Kier alpha value is -1.59. The van der Waals surface area contributed by atoms with Crippen LogP contribution in [0.25, 0.3) is 0 Å². The molecule has 27 heavy (non-hydrogen) atoms. The van der Waals surface area contributed by atoms with Crippen molar-refractivity contribution in [2.45, 2.75) is 45.1 Å². The fraction of sp³-hybridized carbons (Fsp3) is 0.682. The summed E-state index contributed by atoms with van der Waals surface area (Å²) in [4.78, 5) is 20.0. The van der Waals surface area contributed by atoms with Gasteiger partial charge in [0.2, 0.25) is 5.91 Å². The molecule has 5 heteroatoms. The summed E-state index contributed by atoms with van der Waals surface area (Å²) in [7, 11) is 0. The van der Waals surface area contributed by atoms with Gasteiger partial charge in [-0.2, -0.15) is 0 Å². The summed E-state index contributed by atoms with van der Waals surface area (Å²) in [6, 6.07) is 9.46. The lowest BCUT2D eigenvalue weighted by atomic mass is 9.78. The number of benzene rings is 1. The number of piperidine rings is 2. The van der Waals surface area contributed by atoms with Crippen molar-refractivity contribution in [3.05, 3.63) is 29.8 Å². The van der Waals surface area contributed by atoms with Gasteiger partial charge in [-0.3, -0.25) is 9.69 Å². The van der Waals surface area contributed by atoms with Crippen molar-refractivity contribution in [2.75, 3.05) is 50.8 Å². The van der Waals surface area contributed by atoms with Gasteiger partial charge in [0.15, 0.2) is 0 Å². The minimum atomic E-state index is -0.179. The molecule has 1 amide bonds. The average molecular weight is 372 g/mol. The second-order valence-corrected chi connectivity index (χ2v) is 8.67. The van der Waals surface area contributed by atoms with E-state index in [9.17, 15) is 9.90 Å². The molecule has 0 bridgehead atoms. The van der Waals surface area contributed by atoms with Crippen molar-refractivity contribution in [1.29, 1.82) is 0 Å². The van der Waals surface area contributed by atoms with E-state index in [1.807, 2.05) is 4.90 Å². The largest absolute Gasteiger partial charge is 0.395 e. The van der Waals surface area contributed by atoms with Gasteiger partial charge in [0.25, 0.3) is 0 Å². The van der Waals surface area contributed by atoms with Crippen LogP contribution in [0.5, 0.6) is 0 Å². The second-order valence-electron chi connectivity index (χ2n) is 8.67. The molecular weight excluding hydrogens is 338 g/mol. The minimum absolute atomic E-state index is 0.0724. The molecular formula is C22H33N3O2. The molecule has 5 nitrogen and oxygen atoms in total. The first-order valence-corrected chi connectivity index (χ1v) is 10.6. The van der Waals surface area contributed by atoms with Crippen LogP contribution in [0, 0.1) is 12.3 Å². The maximum atomic E-state index is 13.0. The van der Waals surface area contributed by atoms with Crippen LogP contribution in [-0.2, 0) is 4.79 Å². The maximum absolute atomic E-state index is 13.0. The van der Waals surface area contributed by atoms with Gasteiger partial charge in [-0.25, -0.2) is 0 Å². The first-order valence-electron chi connectivity index (χ1n) is 10.6. The van der Waals surface area contributed by atoms with Gasteiger partial charge in [-0.05, 0) is 57.7 Å². The number of nitrogens with zero attached hydrogens (tertiary/aromatic N) is 3. The third kappa shape index (κ3) is 3.72. The van der Waals surface area contributed by atoms with E-state index in [0.717, 1.165) is 52.0 Å². The number of rotatable bonds is 4. The van der Waals surface area contributed by atoms with Gasteiger partial charge >= 0.3 is 0 Å². The van der Waals surface area contributed by atoms with Crippen LogP contribution in [-0.4, -0.2) is 72.7 Å². The molecule has 3 aliphatic rings. The number of hydrogen-bond acceptors (Lipinski definition) is 4. The van der Waals surface area contributed by atoms with Gasteiger partial charge in [0.1, 0.15) is 0 Å². The molecule has 1 aromatic carbocycles. The van der Waals surface area contributed by atoms with Crippen molar-refractivity contribution >= 4 is 11.6 Å². The summed E-state index contributed by atoms with van der Waals surface area (Å²) in [6.07, 6.45) is 5.45. The molecule has 0 unspecified atom stereocenters. The van der Waals surface area contributed by atoms with Crippen molar-refractivity contribution in [2.24, 2.45) is 5.41 Å². The lowest BCUT2D eigenvalue weighted by Gasteiger charge is -2.41. The van der Waals surface area contributed by atoms with Crippen LogP contribution in [0.4, 0.5) is 5.69 Å². The SMILES string of the molecule is Cc1ccc(N2CCC(N3CC[C@@]4(CCCN(CCO)C4=O)C3)CC2)cc1. The molecule has 1 spiro atoms. The number of carbonyl (C=O) groups excluding carboxylic acids is 1. The third-order valence-corrected chi connectivity index (χ3v) is 6.96. The van der Waals surface area contributed by atoms with Gasteiger partial charge in [0, 0.05) is 44.5 Å². The zero-order chi connectivity index (χ0) is 18.9.